The van der Waals surface area contributed by atoms with Crippen LogP contribution in [-0.4, -0.2) is 38.4 Å². The summed E-state index contributed by atoms with van der Waals surface area (Å²) in [7, 11) is 1.44. The lowest BCUT2D eigenvalue weighted by Crippen LogP contribution is -2.43. The number of esters is 1. The summed E-state index contributed by atoms with van der Waals surface area (Å²) in [4.78, 5) is 11.6. The maximum Gasteiger partial charge on any atom is 0.322 e. The van der Waals surface area contributed by atoms with Crippen molar-refractivity contribution in [1.29, 1.82) is 0 Å². The van der Waals surface area contributed by atoms with Crippen molar-refractivity contribution in [2.75, 3.05) is 20.3 Å². The van der Waals surface area contributed by atoms with Gasteiger partial charge in [-0.3, -0.25) is 4.79 Å². The molecule has 17 heavy (non-hydrogen) atoms. The van der Waals surface area contributed by atoms with Gasteiger partial charge in [0.25, 0.3) is 0 Å². The second-order valence-electron chi connectivity index (χ2n) is 4.61. The van der Waals surface area contributed by atoms with Crippen molar-refractivity contribution >= 4 is 5.97 Å². The molecule has 1 heterocycles. The fourth-order valence-electron chi connectivity index (χ4n) is 2.10. The third kappa shape index (κ3) is 5.50. The molecule has 0 aromatic rings. The number of hydrogen-bond donors (Lipinski definition) is 1. The van der Waals surface area contributed by atoms with Crippen LogP contribution in [0.1, 0.15) is 45.4 Å². The molecule has 1 rings (SSSR count). The Morgan fingerprint density at radius 2 is 2.35 bits per heavy atom. The second-order valence-corrected chi connectivity index (χ2v) is 4.61. The maximum atomic E-state index is 11.6. The van der Waals surface area contributed by atoms with E-state index in [2.05, 4.69) is 12.2 Å². The van der Waals surface area contributed by atoms with E-state index in [1.807, 2.05) is 0 Å². The molecule has 0 amide bonds. The van der Waals surface area contributed by atoms with Crippen LogP contribution in [0.5, 0.6) is 0 Å². The van der Waals surface area contributed by atoms with Crippen molar-refractivity contribution in [3.63, 3.8) is 0 Å². The predicted molar refractivity (Wildman–Crippen MR) is 66.9 cm³/mol. The molecule has 1 saturated heterocycles. The number of hydrogen-bond acceptors (Lipinski definition) is 4. The Labute approximate surface area is 104 Å². The summed E-state index contributed by atoms with van der Waals surface area (Å²) in [5.41, 5.74) is 0. The Balaban J connectivity index is 2.28. The number of carbonyl (C=O) groups is 1. The van der Waals surface area contributed by atoms with E-state index in [1.165, 1.54) is 13.5 Å². The van der Waals surface area contributed by atoms with Crippen LogP contribution in [0, 0.1) is 0 Å². The van der Waals surface area contributed by atoms with E-state index in [0.717, 1.165) is 45.3 Å². The molecule has 2 atom stereocenters. The van der Waals surface area contributed by atoms with Gasteiger partial charge in [-0.2, -0.15) is 0 Å². The predicted octanol–water partition coefficient (Wildman–Crippen LogP) is 1.88. The molecule has 0 bridgehead atoms. The van der Waals surface area contributed by atoms with Crippen LogP contribution in [0.2, 0.25) is 0 Å². The van der Waals surface area contributed by atoms with Crippen molar-refractivity contribution in [2.45, 2.75) is 57.6 Å². The van der Waals surface area contributed by atoms with E-state index in [1.54, 1.807) is 0 Å². The van der Waals surface area contributed by atoms with E-state index in [-0.39, 0.29) is 18.1 Å². The Morgan fingerprint density at radius 3 is 2.94 bits per heavy atom. The lowest BCUT2D eigenvalue weighted by molar-refractivity contribution is -0.143. The van der Waals surface area contributed by atoms with Crippen LogP contribution < -0.4 is 5.32 Å². The fourth-order valence-corrected chi connectivity index (χ4v) is 2.10. The molecule has 100 valence electrons. The Hall–Kier alpha value is -0.610. The van der Waals surface area contributed by atoms with Crippen molar-refractivity contribution in [1.82, 2.24) is 5.32 Å². The zero-order valence-corrected chi connectivity index (χ0v) is 11.0. The molecule has 2 unspecified atom stereocenters. The van der Waals surface area contributed by atoms with Crippen LogP contribution in [0.25, 0.3) is 0 Å². The summed E-state index contributed by atoms with van der Waals surface area (Å²) in [6, 6.07) is -0.175. The number of unbranched alkanes of at least 4 members (excludes halogenated alkanes) is 1. The smallest absolute Gasteiger partial charge is 0.322 e. The van der Waals surface area contributed by atoms with Crippen molar-refractivity contribution in [3.8, 4) is 0 Å². The molecule has 0 radical (unpaired) electrons. The van der Waals surface area contributed by atoms with Gasteiger partial charge in [0.05, 0.1) is 13.2 Å². The van der Waals surface area contributed by atoms with E-state index in [9.17, 15) is 4.79 Å². The first kappa shape index (κ1) is 14.5. The third-order valence-corrected chi connectivity index (χ3v) is 3.20. The molecule has 1 aliphatic heterocycles. The minimum absolute atomic E-state index is 0.158. The fraction of sp³-hybridized carbons (Fsp3) is 0.923. The molecule has 1 N–H and O–H groups in total. The van der Waals surface area contributed by atoms with E-state index in [0.29, 0.717) is 0 Å². The molecule has 1 aliphatic rings. The second kappa shape index (κ2) is 8.48. The first-order valence-corrected chi connectivity index (χ1v) is 6.70. The summed E-state index contributed by atoms with van der Waals surface area (Å²) in [6.45, 7) is 3.73. The van der Waals surface area contributed by atoms with Gasteiger partial charge in [-0.1, -0.05) is 19.8 Å². The molecule has 1 fully saturated rings. The van der Waals surface area contributed by atoms with Gasteiger partial charge in [-0.25, -0.2) is 0 Å². The number of rotatable bonds is 7. The van der Waals surface area contributed by atoms with Crippen LogP contribution in [0.3, 0.4) is 0 Å². The standard InChI is InChI=1S/C13H25NO3/c1-3-4-8-12(13(15)16-2)14-10-11-7-5-6-9-17-11/h11-12,14H,3-10H2,1-2H3. The highest BCUT2D eigenvalue weighted by Crippen LogP contribution is 2.12. The zero-order chi connectivity index (χ0) is 12.5. The summed E-state index contributed by atoms with van der Waals surface area (Å²) in [5, 5.41) is 3.28. The Kier molecular flexibility index (Phi) is 7.21. The first-order chi connectivity index (χ1) is 8.27. The normalized spacial score (nSPS) is 22.1. The van der Waals surface area contributed by atoms with E-state index < -0.39 is 0 Å². The highest BCUT2D eigenvalue weighted by molar-refractivity contribution is 5.75. The van der Waals surface area contributed by atoms with Crippen LogP contribution in [-0.2, 0) is 14.3 Å². The van der Waals surface area contributed by atoms with Crippen LogP contribution in [0.15, 0.2) is 0 Å². The average Bonchev–Trinajstić information content (AvgIpc) is 2.39. The minimum atomic E-state index is -0.175. The first-order valence-electron chi connectivity index (χ1n) is 6.70. The number of methoxy groups -OCH3 is 1. The van der Waals surface area contributed by atoms with Gasteiger partial charge >= 0.3 is 5.97 Å². The molecule has 0 aromatic heterocycles. The summed E-state index contributed by atoms with van der Waals surface area (Å²) in [5.74, 6) is -0.158. The lowest BCUT2D eigenvalue weighted by atomic mass is 10.1. The Bertz CT molecular complexity index is 215. The topological polar surface area (TPSA) is 47.6 Å². The van der Waals surface area contributed by atoms with Gasteiger partial charge in [0.15, 0.2) is 0 Å². The minimum Gasteiger partial charge on any atom is -0.468 e. The molecular formula is C13H25NO3. The van der Waals surface area contributed by atoms with Gasteiger partial charge in [-0.15, -0.1) is 0 Å². The summed E-state index contributed by atoms with van der Waals surface area (Å²) < 4.78 is 10.4. The summed E-state index contributed by atoms with van der Waals surface area (Å²) in [6.07, 6.45) is 6.71. The highest BCUT2D eigenvalue weighted by atomic mass is 16.5. The molecule has 0 spiro atoms. The highest BCUT2D eigenvalue weighted by Gasteiger charge is 2.21. The van der Waals surface area contributed by atoms with Crippen LogP contribution in [0.4, 0.5) is 0 Å². The van der Waals surface area contributed by atoms with Gasteiger partial charge in [0.1, 0.15) is 6.04 Å². The number of carbonyl (C=O) groups excluding carboxylic acids is 1. The average molecular weight is 243 g/mol. The molecular weight excluding hydrogens is 218 g/mol. The molecule has 0 saturated carbocycles. The monoisotopic (exact) mass is 243 g/mol. The van der Waals surface area contributed by atoms with Crippen molar-refractivity contribution in [3.05, 3.63) is 0 Å². The molecule has 4 nitrogen and oxygen atoms in total. The van der Waals surface area contributed by atoms with Gasteiger partial charge in [-0.05, 0) is 25.7 Å². The molecule has 0 aliphatic carbocycles. The molecule has 4 heteroatoms. The summed E-state index contributed by atoms with van der Waals surface area (Å²) >= 11 is 0. The van der Waals surface area contributed by atoms with Crippen LogP contribution >= 0.6 is 0 Å². The Morgan fingerprint density at radius 1 is 1.53 bits per heavy atom. The van der Waals surface area contributed by atoms with E-state index in [4.69, 9.17) is 9.47 Å². The zero-order valence-electron chi connectivity index (χ0n) is 11.0. The SMILES string of the molecule is CCCCC(NCC1CCCCO1)C(=O)OC. The quantitative estimate of drug-likeness (QED) is 0.694. The molecule has 0 aromatic carbocycles. The largest absolute Gasteiger partial charge is 0.468 e. The number of nitrogens with one attached hydrogen (secondary N) is 1. The van der Waals surface area contributed by atoms with E-state index >= 15 is 0 Å². The van der Waals surface area contributed by atoms with Gasteiger partial charge < -0.3 is 14.8 Å². The number of ether oxygens (including phenoxy) is 2. The van der Waals surface area contributed by atoms with Crippen molar-refractivity contribution < 1.29 is 14.3 Å². The van der Waals surface area contributed by atoms with Gasteiger partial charge in [0, 0.05) is 13.2 Å². The lowest BCUT2D eigenvalue weighted by Gasteiger charge is -2.25. The maximum absolute atomic E-state index is 11.6. The van der Waals surface area contributed by atoms with Crippen molar-refractivity contribution in [2.24, 2.45) is 0 Å². The third-order valence-electron chi connectivity index (χ3n) is 3.20. The van der Waals surface area contributed by atoms with Gasteiger partial charge in [0.2, 0.25) is 0 Å².